The molecule has 1 aliphatic heterocycles. The first kappa shape index (κ1) is 15.8. The average Bonchev–Trinajstić information content (AvgIpc) is 3.34. The van der Waals surface area contributed by atoms with Gasteiger partial charge in [0.2, 0.25) is 0 Å². The van der Waals surface area contributed by atoms with E-state index in [0.717, 1.165) is 31.2 Å². The van der Waals surface area contributed by atoms with Crippen LogP contribution in [-0.4, -0.2) is 35.2 Å². The summed E-state index contributed by atoms with van der Waals surface area (Å²) in [7, 11) is 0. The molecular weight excluding hydrogens is 294 g/mol. The average molecular weight is 317 g/mol. The summed E-state index contributed by atoms with van der Waals surface area (Å²) in [6.45, 7) is 1.73. The lowest BCUT2D eigenvalue weighted by Crippen LogP contribution is -2.38. The van der Waals surface area contributed by atoms with Crippen LogP contribution in [0.25, 0.3) is 0 Å². The molecule has 23 heavy (non-hydrogen) atoms. The molecule has 5 nitrogen and oxygen atoms in total. The zero-order valence-electron chi connectivity index (χ0n) is 13.2. The van der Waals surface area contributed by atoms with Crippen molar-refractivity contribution in [2.75, 3.05) is 13.1 Å². The van der Waals surface area contributed by atoms with Gasteiger partial charge in [-0.3, -0.25) is 4.79 Å². The Kier molecular flexibility index (Phi) is 4.84. The molecule has 1 amide bonds. The van der Waals surface area contributed by atoms with Crippen LogP contribution in [0.3, 0.4) is 0 Å². The summed E-state index contributed by atoms with van der Waals surface area (Å²) in [4.78, 5) is 24.7. The Labute approximate surface area is 136 Å². The molecule has 1 heterocycles. The highest BCUT2D eigenvalue weighted by molar-refractivity contribution is 5.73. The first-order valence-electron chi connectivity index (χ1n) is 8.32. The summed E-state index contributed by atoms with van der Waals surface area (Å²) in [5, 5.41) is 8.95. The van der Waals surface area contributed by atoms with E-state index in [2.05, 4.69) is 0 Å². The standard InChI is InChI=1S/C18H23NO4/c20-17(21)16-11-15(16)10-13-6-8-19(9-7-13)18(22)23-12-14-4-2-1-3-5-14/h1-5,13,15-16H,6-12H2,(H,20,21). The molecule has 1 N–H and O–H groups in total. The zero-order valence-corrected chi connectivity index (χ0v) is 13.2. The summed E-state index contributed by atoms with van der Waals surface area (Å²) in [6.07, 6.45) is 3.47. The minimum atomic E-state index is -0.656. The van der Waals surface area contributed by atoms with Crippen molar-refractivity contribution in [3.05, 3.63) is 35.9 Å². The largest absolute Gasteiger partial charge is 0.481 e. The highest BCUT2D eigenvalue weighted by Gasteiger charge is 2.44. The number of amides is 1. The van der Waals surface area contributed by atoms with Crippen LogP contribution in [0.1, 0.15) is 31.2 Å². The molecule has 1 aromatic carbocycles. The number of likely N-dealkylation sites (tertiary alicyclic amines) is 1. The summed E-state index contributed by atoms with van der Waals surface area (Å²) in [6, 6.07) is 9.67. The fraction of sp³-hybridized carbons (Fsp3) is 0.556. The Morgan fingerprint density at radius 3 is 2.48 bits per heavy atom. The Bertz CT molecular complexity index is 551. The molecule has 1 aromatic rings. The van der Waals surface area contributed by atoms with E-state index in [1.807, 2.05) is 30.3 Å². The summed E-state index contributed by atoms with van der Waals surface area (Å²) in [5.74, 6) is 0.123. The number of hydrogen-bond acceptors (Lipinski definition) is 3. The third-order valence-electron chi connectivity index (χ3n) is 4.95. The minimum Gasteiger partial charge on any atom is -0.481 e. The number of carbonyl (C=O) groups is 2. The van der Waals surface area contributed by atoms with Crippen LogP contribution >= 0.6 is 0 Å². The van der Waals surface area contributed by atoms with Gasteiger partial charge in [0.05, 0.1) is 5.92 Å². The van der Waals surface area contributed by atoms with Gasteiger partial charge < -0.3 is 14.7 Å². The molecular formula is C18H23NO4. The van der Waals surface area contributed by atoms with Gasteiger partial charge in [-0.1, -0.05) is 30.3 Å². The van der Waals surface area contributed by atoms with Gasteiger partial charge in [0.15, 0.2) is 0 Å². The van der Waals surface area contributed by atoms with Gasteiger partial charge in [0.1, 0.15) is 6.61 Å². The van der Waals surface area contributed by atoms with E-state index in [1.165, 1.54) is 0 Å². The van der Waals surface area contributed by atoms with Crippen molar-refractivity contribution in [2.24, 2.45) is 17.8 Å². The molecule has 1 saturated carbocycles. The topological polar surface area (TPSA) is 66.8 Å². The van der Waals surface area contributed by atoms with Crippen LogP contribution in [0, 0.1) is 17.8 Å². The van der Waals surface area contributed by atoms with Crippen molar-refractivity contribution in [1.82, 2.24) is 4.90 Å². The Balaban J connectivity index is 1.37. The van der Waals surface area contributed by atoms with E-state index in [0.29, 0.717) is 31.5 Å². The van der Waals surface area contributed by atoms with E-state index in [-0.39, 0.29) is 12.0 Å². The van der Waals surface area contributed by atoms with Gasteiger partial charge in [-0.25, -0.2) is 4.79 Å². The van der Waals surface area contributed by atoms with E-state index < -0.39 is 5.97 Å². The normalized spacial score (nSPS) is 24.3. The van der Waals surface area contributed by atoms with Gasteiger partial charge in [0.25, 0.3) is 0 Å². The molecule has 0 radical (unpaired) electrons. The van der Waals surface area contributed by atoms with E-state index in [9.17, 15) is 9.59 Å². The second-order valence-corrected chi connectivity index (χ2v) is 6.65. The molecule has 0 spiro atoms. The number of piperidine rings is 1. The molecule has 2 unspecified atom stereocenters. The second-order valence-electron chi connectivity index (χ2n) is 6.65. The number of aliphatic carboxylic acids is 1. The number of carbonyl (C=O) groups excluding carboxylic acids is 1. The highest BCUT2D eigenvalue weighted by atomic mass is 16.6. The van der Waals surface area contributed by atoms with Gasteiger partial charge >= 0.3 is 12.1 Å². The lowest BCUT2D eigenvalue weighted by Gasteiger charge is -2.31. The molecule has 5 heteroatoms. The molecule has 124 valence electrons. The van der Waals surface area contributed by atoms with Gasteiger partial charge in [-0.05, 0) is 43.1 Å². The number of rotatable bonds is 5. The fourth-order valence-electron chi connectivity index (χ4n) is 3.40. The Morgan fingerprint density at radius 2 is 1.87 bits per heavy atom. The maximum Gasteiger partial charge on any atom is 0.410 e. The molecule has 2 atom stereocenters. The molecule has 1 saturated heterocycles. The van der Waals surface area contributed by atoms with Gasteiger partial charge in [0, 0.05) is 13.1 Å². The van der Waals surface area contributed by atoms with Crippen molar-refractivity contribution in [3.63, 3.8) is 0 Å². The zero-order chi connectivity index (χ0) is 16.2. The van der Waals surface area contributed by atoms with Crippen molar-refractivity contribution < 1.29 is 19.4 Å². The maximum atomic E-state index is 12.1. The van der Waals surface area contributed by atoms with Crippen molar-refractivity contribution in [1.29, 1.82) is 0 Å². The third kappa shape index (κ3) is 4.24. The summed E-state index contributed by atoms with van der Waals surface area (Å²) in [5.41, 5.74) is 0.990. The van der Waals surface area contributed by atoms with Crippen molar-refractivity contribution in [2.45, 2.75) is 32.3 Å². The van der Waals surface area contributed by atoms with Crippen LogP contribution in [0.2, 0.25) is 0 Å². The molecule has 2 fully saturated rings. The predicted octanol–water partition coefficient (Wildman–Crippen LogP) is 3.15. The first-order valence-corrected chi connectivity index (χ1v) is 8.32. The molecule has 2 aliphatic rings. The summed E-state index contributed by atoms with van der Waals surface area (Å²) < 4.78 is 5.35. The quantitative estimate of drug-likeness (QED) is 0.906. The lowest BCUT2D eigenvalue weighted by atomic mass is 9.91. The number of hydrogen-bond donors (Lipinski definition) is 1. The minimum absolute atomic E-state index is 0.121. The smallest absolute Gasteiger partial charge is 0.410 e. The first-order chi connectivity index (χ1) is 11.1. The molecule has 0 bridgehead atoms. The van der Waals surface area contributed by atoms with Gasteiger partial charge in [-0.15, -0.1) is 0 Å². The van der Waals surface area contributed by atoms with Crippen LogP contribution in [0.15, 0.2) is 30.3 Å². The number of benzene rings is 1. The Hall–Kier alpha value is -2.04. The van der Waals surface area contributed by atoms with E-state index in [4.69, 9.17) is 9.84 Å². The number of carboxylic acid groups (broad SMARTS) is 1. The SMILES string of the molecule is O=C(O)C1CC1CC1CCN(C(=O)OCc2ccccc2)CC1. The molecule has 3 rings (SSSR count). The third-order valence-corrected chi connectivity index (χ3v) is 4.95. The molecule has 0 aromatic heterocycles. The monoisotopic (exact) mass is 317 g/mol. The van der Waals surface area contributed by atoms with Crippen LogP contribution in [0.5, 0.6) is 0 Å². The van der Waals surface area contributed by atoms with Crippen LogP contribution < -0.4 is 0 Å². The summed E-state index contributed by atoms with van der Waals surface area (Å²) >= 11 is 0. The maximum absolute atomic E-state index is 12.1. The highest BCUT2D eigenvalue weighted by Crippen LogP contribution is 2.44. The van der Waals surface area contributed by atoms with Crippen LogP contribution in [0.4, 0.5) is 4.79 Å². The van der Waals surface area contributed by atoms with E-state index >= 15 is 0 Å². The Morgan fingerprint density at radius 1 is 1.17 bits per heavy atom. The number of ether oxygens (including phenoxy) is 1. The molecule has 1 aliphatic carbocycles. The number of nitrogens with zero attached hydrogens (tertiary/aromatic N) is 1. The second kappa shape index (κ2) is 7.02. The van der Waals surface area contributed by atoms with Crippen molar-refractivity contribution >= 4 is 12.1 Å². The fourth-order valence-corrected chi connectivity index (χ4v) is 3.40. The predicted molar refractivity (Wildman–Crippen MR) is 84.8 cm³/mol. The van der Waals surface area contributed by atoms with E-state index in [1.54, 1.807) is 4.90 Å². The van der Waals surface area contributed by atoms with Crippen LogP contribution in [-0.2, 0) is 16.1 Å². The van der Waals surface area contributed by atoms with Crippen molar-refractivity contribution in [3.8, 4) is 0 Å². The lowest BCUT2D eigenvalue weighted by molar-refractivity contribution is -0.138. The number of carboxylic acids is 1. The van der Waals surface area contributed by atoms with Gasteiger partial charge in [-0.2, -0.15) is 0 Å².